The molecule has 0 fully saturated rings. The molecule has 1 N–H and O–H groups in total. The summed E-state index contributed by atoms with van der Waals surface area (Å²) < 4.78 is 7.16. The molecule has 0 saturated carbocycles. The number of nitrogens with zero attached hydrogens (tertiary/aromatic N) is 3. The van der Waals surface area contributed by atoms with Crippen molar-refractivity contribution in [2.24, 2.45) is 0 Å². The largest absolute Gasteiger partial charge is 0.497 e. The highest BCUT2D eigenvalue weighted by Gasteiger charge is 2.17. The van der Waals surface area contributed by atoms with E-state index in [0.717, 1.165) is 45.1 Å². The fourth-order valence-electron chi connectivity index (χ4n) is 3.33. The van der Waals surface area contributed by atoms with Gasteiger partial charge in [0.25, 0.3) is 0 Å². The van der Waals surface area contributed by atoms with Gasteiger partial charge in [-0.3, -0.25) is 0 Å². The van der Waals surface area contributed by atoms with Gasteiger partial charge in [0, 0.05) is 16.8 Å². The number of methoxy groups -OCH3 is 1. The van der Waals surface area contributed by atoms with Gasteiger partial charge in [0.1, 0.15) is 17.3 Å². The van der Waals surface area contributed by atoms with Crippen molar-refractivity contribution in [3.8, 4) is 34.1 Å². The molecule has 5 rings (SSSR count). The van der Waals surface area contributed by atoms with E-state index in [1.165, 1.54) is 0 Å². The molecule has 0 bridgehead atoms. The van der Waals surface area contributed by atoms with Gasteiger partial charge in [0.05, 0.1) is 29.4 Å². The quantitative estimate of drug-likeness (QED) is 0.418. The highest BCUT2D eigenvalue weighted by atomic mass is 35.5. The summed E-state index contributed by atoms with van der Waals surface area (Å²) in [5.41, 5.74) is 5.45. The monoisotopic (exact) mass is 400 g/mol. The van der Waals surface area contributed by atoms with Gasteiger partial charge < -0.3 is 9.72 Å². The van der Waals surface area contributed by atoms with Crippen LogP contribution >= 0.6 is 11.6 Å². The SMILES string of the molecule is COc1ccc(-c2nn(-c3ccccc3)cc2-c2nc3ccc(Cl)cc3[nH]2)cc1. The van der Waals surface area contributed by atoms with Crippen molar-refractivity contribution in [3.63, 3.8) is 0 Å². The number of halogens is 1. The summed E-state index contributed by atoms with van der Waals surface area (Å²) in [5, 5.41) is 5.53. The molecule has 3 aromatic carbocycles. The third-order valence-electron chi connectivity index (χ3n) is 4.80. The number of imidazole rings is 1. The van der Waals surface area contributed by atoms with Gasteiger partial charge in [-0.25, -0.2) is 9.67 Å². The summed E-state index contributed by atoms with van der Waals surface area (Å²) in [7, 11) is 1.66. The van der Waals surface area contributed by atoms with Crippen LogP contribution in [0.25, 0.3) is 39.4 Å². The maximum Gasteiger partial charge on any atom is 0.142 e. The summed E-state index contributed by atoms with van der Waals surface area (Å²) in [6, 6.07) is 23.5. The first-order valence-corrected chi connectivity index (χ1v) is 9.54. The third-order valence-corrected chi connectivity index (χ3v) is 5.03. The maximum absolute atomic E-state index is 6.14. The zero-order valence-corrected chi connectivity index (χ0v) is 16.4. The van der Waals surface area contributed by atoms with Crippen molar-refractivity contribution in [3.05, 3.63) is 84.0 Å². The maximum atomic E-state index is 6.14. The molecule has 0 amide bonds. The van der Waals surface area contributed by atoms with Gasteiger partial charge in [0.2, 0.25) is 0 Å². The van der Waals surface area contributed by atoms with Crippen LogP contribution in [0.2, 0.25) is 5.02 Å². The number of rotatable bonds is 4. The zero-order chi connectivity index (χ0) is 19.8. The lowest BCUT2D eigenvalue weighted by Gasteiger charge is -2.03. The number of aromatic amines is 1. The molecule has 2 aromatic heterocycles. The van der Waals surface area contributed by atoms with Gasteiger partial charge in [-0.1, -0.05) is 29.8 Å². The van der Waals surface area contributed by atoms with E-state index in [0.29, 0.717) is 5.02 Å². The summed E-state index contributed by atoms with van der Waals surface area (Å²) in [6.07, 6.45) is 1.99. The average molecular weight is 401 g/mol. The number of para-hydroxylation sites is 1. The first-order chi connectivity index (χ1) is 14.2. The molecule has 142 valence electrons. The average Bonchev–Trinajstić information content (AvgIpc) is 3.38. The molecule has 0 aliphatic rings. The Balaban J connectivity index is 1.70. The lowest BCUT2D eigenvalue weighted by atomic mass is 10.1. The third kappa shape index (κ3) is 3.26. The minimum Gasteiger partial charge on any atom is -0.497 e. The van der Waals surface area contributed by atoms with E-state index >= 15 is 0 Å². The second kappa shape index (κ2) is 7.11. The van der Waals surface area contributed by atoms with Crippen LogP contribution in [0.1, 0.15) is 0 Å². The van der Waals surface area contributed by atoms with E-state index < -0.39 is 0 Å². The Morgan fingerprint density at radius 2 is 1.76 bits per heavy atom. The number of hydrogen-bond donors (Lipinski definition) is 1. The predicted molar refractivity (Wildman–Crippen MR) is 116 cm³/mol. The number of fused-ring (bicyclic) bond motifs is 1. The lowest BCUT2D eigenvalue weighted by Crippen LogP contribution is -1.94. The van der Waals surface area contributed by atoms with Gasteiger partial charge in [-0.2, -0.15) is 5.10 Å². The Hall–Kier alpha value is -3.57. The highest BCUT2D eigenvalue weighted by molar-refractivity contribution is 6.31. The molecule has 6 heteroatoms. The summed E-state index contributed by atoms with van der Waals surface area (Å²) in [5.74, 6) is 1.55. The van der Waals surface area contributed by atoms with E-state index in [2.05, 4.69) is 4.98 Å². The second-order valence-electron chi connectivity index (χ2n) is 6.65. The van der Waals surface area contributed by atoms with E-state index in [1.54, 1.807) is 7.11 Å². The molecule has 2 heterocycles. The molecule has 0 spiro atoms. The van der Waals surface area contributed by atoms with Gasteiger partial charge in [-0.15, -0.1) is 0 Å². The Morgan fingerprint density at radius 3 is 2.52 bits per heavy atom. The van der Waals surface area contributed by atoms with Crippen molar-refractivity contribution < 1.29 is 4.74 Å². The Morgan fingerprint density at radius 1 is 0.966 bits per heavy atom. The van der Waals surface area contributed by atoms with E-state index in [-0.39, 0.29) is 0 Å². The first kappa shape index (κ1) is 17.5. The number of aromatic nitrogens is 4. The number of hydrogen-bond acceptors (Lipinski definition) is 3. The number of benzene rings is 3. The van der Waals surface area contributed by atoms with Gasteiger partial charge in [-0.05, 0) is 54.6 Å². The second-order valence-corrected chi connectivity index (χ2v) is 7.08. The molecule has 0 unspecified atom stereocenters. The van der Waals surface area contributed by atoms with Crippen LogP contribution in [0, 0.1) is 0 Å². The first-order valence-electron chi connectivity index (χ1n) is 9.16. The molecule has 0 aliphatic carbocycles. The summed E-state index contributed by atoms with van der Waals surface area (Å²) in [4.78, 5) is 8.14. The van der Waals surface area contributed by atoms with Crippen LogP contribution in [0.5, 0.6) is 5.75 Å². The Labute approximate surface area is 172 Å². The topological polar surface area (TPSA) is 55.7 Å². The molecule has 29 heavy (non-hydrogen) atoms. The van der Waals surface area contributed by atoms with Crippen LogP contribution in [0.4, 0.5) is 0 Å². The zero-order valence-electron chi connectivity index (χ0n) is 15.6. The van der Waals surface area contributed by atoms with Crippen LogP contribution in [0.3, 0.4) is 0 Å². The minimum atomic E-state index is 0.669. The number of H-pyrrole nitrogens is 1. The molecule has 5 aromatic rings. The van der Waals surface area contributed by atoms with Gasteiger partial charge >= 0.3 is 0 Å². The van der Waals surface area contributed by atoms with Crippen LogP contribution < -0.4 is 4.74 Å². The summed E-state index contributed by atoms with van der Waals surface area (Å²) in [6.45, 7) is 0. The molecule has 0 atom stereocenters. The smallest absolute Gasteiger partial charge is 0.142 e. The van der Waals surface area contributed by atoms with Crippen molar-refractivity contribution in [1.29, 1.82) is 0 Å². The van der Waals surface area contributed by atoms with Crippen molar-refractivity contribution in [1.82, 2.24) is 19.7 Å². The molecule has 0 radical (unpaired) electrons. The molecule has 0 saturated heterocycles. The predicted octanol–water partition coefficient (Wildman–Crippen LogP) is 5.74. The molecular formula is C23H17ClN4O. The van der Waals surface area contributed by atoms with Crippen LogP contribution in [-0.4, -0.2) is 26.9 Å². The Bertz CT molecular complexity index is 1290. The van der Waals surface area contributed by atoms with Crippen LogP contribution in [0.15, 0.2) is 79.0 Å². The fraction of sp³-hybridized carbons (Fsp3) is 0.0435. The minimum absolute atomic E-state index is 0.669. The number of ether oxygens (including phenoxy) is 1. The standard InChI is InChI=1S/C23H17ClN4O/c1-29-18-10-7-15(8-11-18)22-19(14-28(27-22)17-5-3-2-4-6-17)23-25-20-12-9-16(24)13-21(20)26-23/h2-14H,1H3,(H,25,26). The van der Waals surface area contributed by atoms with Crippen molar-refractivity contribution in [2.45, 2.75) is 0 Å². The molecule has 5 nitrogen and oxygen atoms in total. The molecular weight excluding hydrogens is 384 g/mol. The van der Waals surface area contributed by atoms with Crippen LogP contribution in [-0.2, 0) is 0 Å². The number of nitrogens with one attached hydrogen (secondary N) is 1. The van der Waals surface area contributed by atoms with E-state index in [9.17, 15) is 0 Å². The lowest BCUT2D eigenvalue weighted by molar-refractivity contribution is 0.415. The molecule has 0 aliphatic heterocycles. The van der Waals surface area contributed by atoms with Gasteiger partial charge in [0.15, 0.2) is 0 Å². The highest BCUT2D eigenvalue weighted by Crippen LogP contribution is 2.33. The normalized spacial score (nSPS) is 11.1. The van der Waals surface area contributed by atoms with Crippen molar-refractivity contribution in [2.75, 3.05) is 7.11 Å². The Kier molecular flexibility index (Phi) is 4.30. The summed E-state index contributed by atoms with van der Waals surface area (Å²) >= 11 is 6.14. The van der Waals surface area contributed by atoms with Crippen molar-refractivity contribution >= 4 is 22.6 Å². The fourth-order valence-corrected chi connectivity index (χ4v) is 3.50. The van der Waals surface area contributed by atoms with E-state index in [1.807, 2.05) is 83.7 Å². The van der Waals surface area contributed by atoms with E-state index in [4.69, 9.17) is 26.4 Å².